The number of carbonyl (C=O) groups is 3. The Bertz CT molecular complexity index is 879. The number of hydrogen-bond donors (Lipinski definition) is 5. The van der Waals surface area contributed by atoms with Crippen molar-refractivity contribution in [3.8, 4) is 5.75 Å². The zero-order chi connectivity index (χ0) is 18.8. The number of carboxylic acids is 1. The minimum atomic E-state index is -1.05. The van der Waals surface area contributed by atoms with Crippen molar-refractivity contribution >= 4 is 23.6 Å². The van der Waals surface area contributed by atoms with Gasteiger partial charge >= 0.3 is 12.0 Å². The minimum absolute atomic E-state index is 0.0207. The number of amides is 3. The van der Waals surface area contributed by atoms with Gasteiger partial charge in [0.15, 0.2) is 0 Å². The third-order valence-corrected chi connectivity index (χ3v) is 4.37. The van der Waals surface area contributed by atoms with E-state index in [1.807, 2.05) is 0 Å². The molecule has 2 atom stereocenters. The van der Waals surface area contributed by atoms with E-state index in [0.717, 1.165) is 0 Å². The second-order valence-corrected chi connectivity index (χ2v) is 6.01. The van der Waals surface area contributed by atoms with Gasteiger partial charge in [0.25, 0.3) is 5.91 Å². The molecule has 6 N–H and O–H groups in total. The average molecular weight is 355 g/mol. The van der Waals surface area contributed by atoms with Gasteiger partial charge in [-0.2, -0.15) is 0 Å². The highest BCUT2D eigenvalue weighted by atomic mass is 16.4. The number of aliphatic carboxylic acids is 1. The highest BCUT2D eigenvalue weighted by molar-refractivity contribution is 5.96. The van der Waals surface area contributed by atoms with Crippen molar-refractivity contribution in [2.75, 3.05) is 5.32 Å². The van der Waals surface area contributed by atoms with Crippen molar-refractivity contribution in [1.82, 2.24) is 5.32 Å². The molecule has 1 aliphatic carbocycles. The van der Waals surface area contributed by atoms with Gasteiger partial charge in [-0.1, -0.05) is 12.1 Å². The van der Waals surface area contributed by atoms with Gasteiger partial charge in [0.1, 0.15) is 5.75 Å². The summed E-state index contributed by atoms with van der Waals surface area (Å²) >= 11 is 0. The Labute approximate surface area is 148 Å². The molecule has 0 bridgehead atoms. The van der Waals surface area contributed by atoms with Crippen LogP contribution in [0.25, 0.3) is 0 Å². The molecule has 3 amide bonds. The first kappa shape index (κ1) is 17.3. The molecule has 134 valence electrons. The van der Waals surface area contributed by atoms with Gasteiger partial charge in [0.05, 0.1) is 12.0 Å². The van der Waals surface area contributed by atoms with E-state index < -0.39 is 29.9 Å². The van der Waals surface area contributed by atoms with Crippen LogP contribution in [0.15, 0.2) is 42.5 Å². The van der Waals surface area contributed by atoms with Gasteiger partial charge in [-0.05, 0) is 42.3 Å². The van der Waals surface area contributed by atoms with Crippen LogP contribution < -0.4 is 16.4 Å². The number of nitrogens with two attached hydrogens (primary N) is 1. The lowest BCUT2D eigenvalue weighted by Gasteiger charge is -2.19. The van der Waals surface area contributed by atoms with Gasteiger partial charge in [0, 0.05) is 16.8 Å². The molecular weight excluding hydrogens is 338 g/mol. The molecule has 1 aliphatic rings. The highest BCUT2D eigenvalue weighted by Crippen LogP contribution is 2.40. The maximum Gasteiger partial charge on any atom is 0.316 e. The fraction of sp³-hybridized carbons (Fsp3) is 0.167. The van der Waals surface area contributed by atoms with Gasteiger partial charge < -0.3 is 26.6 Å². The summed E-state index contributed by atoms with van der Waals surface area (Å²) in [7, 11) is 0. The smallest absolute Gasteiger partial charge is 0.316 e. The van der Waals surface area contributed by atoms with Gasteiger partial charge in [-0.15, -0.1) is 0 Å². The first-order chi connectivity index (χ1) is 12.4. The molecule has 0 fully saturated rings. The zero-order valence-electron chi connectivity index (χ0n) is 13.6. The molecular formula is C18H17N3O5. The predicted molar refractivity (Wildman–Crippen MR) is 92.8 cm³/mol. The Morgan fingerprint density at radius 2 is 1.77 bits per heavy atom. The van der Waals surface area contributed by atoms with E-state index >= 15 is 0 Å². The third kappa shape index (κ3) is 3.30. The average Bonchev–Trinajstić information content (AvgIpc) is 2.95. The SMILES string of the molecule is NC(=O)Nc1ccc(C(=O)N[C@H]2c3cccc(O)c3C[C@H]2C(=O)O)cc1. The molecule has 0 spiro atoms. The van der Waals surface area contributed by atoms with Crippen LogP contribution in [-0.2, 0) is 11.2 Å². The molecule has 0 radical (unpaired) electrons. The lowest BCUT2D eigenvalue weighted by molar-refractivity contribution is -0.142. The van der Waals surface area contributed by atoms with E-state index in [1.54, 1.807) is 12.1 Å². The number of phenolic OH excluding ortho intramolecular Hbond substituents is 1. The van der Waals surface area contributed by atoms with Crippen LogP contribution in [0.1, 0.15) is 27.5 Å². The predicted octanol–water partition coefficient (Wildman–Crippen LogP) is 1.61. The molecule has 2 aromatic carbocycles. The second-order valence-electron chi connectivity index (χ2n) is 6.01. The largest absolute Gasteiger partial charge is 0.508 e. The number of anilines is 1. The monoisotopic (exact) mass is 355 g/mol. The Morgan fingerprint density at radius 3 is 2.38 bits per heavy atom. The van der Waals surface area contributed by atoms with Gasteiger partial charge in [-0.25, -0.2) is 4.79 Å². The molecule has 0 heterocycles. The molecule has 8 heteroatoms. The second kappa shape index (κ2) is 6.75. The van der Waals surface area contributed by atoms with Crippen molar-refractivity contribution in [1.29, 1.82) is 0 Å². The zero-order valence-corrected chi connectivity index (χ0v) is 13.6. The van der Waals surface area contributed by atoms with Crippen molar-refractivity contribution in [2.24, 2.45) is 11.7 Å². The molecule has 26 heavy (non-hydrogen) atoms. The summed E-state index contributed by atoms with van der Waals surface area (Å²) < 4.78 is 0. The number of urea groups is 1. The molecule has 2 aromatic rings. The van der Waals surface area contributed by atoms with Crippen molar-refractivity contribution in [3.63, 3.8) is 0 Å². The van der Waals surface area contributed by atoms with Crippen molar-refractivity contribution < 1.29 is 24.6 Å². The van der Waals surface area contributed by atoms with E-state index in [2.05, 4.69) is 10.6 Å². The normalized spacial score (nSPS) is 18.0. The molecule has 3 rings (SSSR count). The topological polar surface area (TPSA) is 142 Å². The summed E-state index contributed by atoms with van der Waals surface area (Å²) in [6.45, 7) is 0. The standard InChI is InChI=1S/C18H17N3O5/c19-18(26)20-10-6-4-9(5-7-10)16(23)21-15-11-2-1-3-14(22)12(11)8-13(15)17(24)25/h1-7,13,15,22H,8H2,(H,21,23)(H,24,25)(H3,19,20,26)/t13-,15+/m1/s1. The Balaban J connectivity index is 1.82. The van der Waals surface area contributed by atoms with E-state index in [-0.39, 0.29) is 12.2 Å². The Kier molecular flexibility index (Phi) is 4.49. The van der Waals surface area contributed by atoms with Gasteiger partial charge in [-0.3, -0.25) is 9.59 Å². The summed E-state index contributed by atoms with van der Waals surface area (Å²) in [5.74, 6) is -2.35. The van der Waals surface area contributed by atoms with Crippen molar-refractivity contribution in [3.05, 3.63) is 59.2 Å². The highest BCUT2D eigenvalue weighted by Gasteiger charge is 2.39. The van der Waals surface area contributed by atoms with Crippen molar-refractivity contribution in [2.45, 2.75) is 12.5 Å². The van der Waals surface area contributed by atoms with Crippen LogP contribution >= 0.6 is 0 Å². The summed E-state index contributed by atoms with van der Waals surface area (Å²) in [5, 5.41) is 24.5. The summed E-state index contributed by atoms with van der Waals surface area (Å²) in [4.78, 5) is 34.9. The number of phenols is 1. The minimum Gasteiger partial charge on any atom is -0.508 e. The lowest BCUT2D eigenvalue weighted by Crippen LogP contribution is -2.34. The number of hydrogen-bond acceptors (Lipinski definition) is 4. The number of benzene rings is 2. The molecule has 8 nitrogen and oxygen atoms in total. The van der Waals surface area contributed by atoms with Crippen LogP contribution in [0, 0.1) is 5.92 Å². The van der Waals surface area contributed by atoms with E-state index in [4.69, 9.17) is 5.73 Å². The molecule has 0 saturated heterocycles. The van der Waals surface area contributed by atoms with Gasteiger partial charge in [0.2, 0.25) is 0 Å². The number of carbonyl (C=O) groups excluding carboxylic acids is 2. The molecule has 0 aromatic heterocycles. The number of nitrogens with one attached hydrogen (secondary N) is 2. The quantitative estimate of drug-likeness (QED) is 0.566. The number of fused-ring (bicyclic) bond motifs is 1. The van der Waals surface area contributed by atoms with Crippen LogP contribution in [0.3, 0.4) is 0 Å². The van der Waals surface area contributed by atoms with Crippen LogP contribution in [0.2, 0.25) is 0 Å². The fourth-order valence-corrected chi connectivity index (χ4v) is 3.14. The summed E-state index contributed by atoms with van der Waals surface area (Å²) in [5.41, 5.74) is 6.90. The molecule has 0 aliphatic heterocycles. The molecule has 0 unspecified atom stereocenters. The summed E-state index contributed by atoms with van der Waals surface area (Å²) in [6, 6.07) is 9.37. The maximum atomic E-state index is 12.5. The Morgan fingerprint density at radius 1 is 1.08 bits per heavy atom. The summed E-state index contributed by atoms with van der Waals surface area (Å²) in [6.07, 6.45) is 0.143. The number of rotatable bonds is 4. The maximum absolute atomic E-state index is 12.5. The van der Waals surface area contributed by atoms with E-state index in [9.17, 15) is 24.6 Å². The first-order valence-corrected chi connectivity index (χ1v) is 7.87. The van der Waals surface area contributed by atoms with Crippen LogP contribution in [0.4, 0.5) is 10.5 Å². The number of aromatic hydroxyl groups is 1. The van der Waals surface area contributed by atoms with E-state index in [0.29, 0.717) is 22.4 Å². The first-order valence-electron chi connectivity index (χ1n) is 7.87. The third-order valence-electron chi connectivity index (χ3n) is 4.37. The van der Waals surface area contributed by atoms with Crippen LogP contribution in [-0.4, -0.2) is 28.1 Å². The lowest BCUT2D eigenvalue weighted by atomic mass is 10.00. The molecule has 0 saturated carbocycles. The number of primary amides is 1. The van der Waals surface area contributed by atoms with Crippen LogP contribution in [0.5, 0.6) is 5.75 Å². The Hall–Kier alpha value is -3.55. The van der Waals surface area contributed by atoms with E-state index in [1.165, 1.54) is 30.3 Å². The fourth-order valence-electron chi connectivity index (χ4n) is 3.14. The number of carboxylic acid groups (broad SMARTS) is 1.